The van der Waals surface area contributed by atoms with Crippen LogP contribution >= 0.6 is 0 Å². The number of anilines is 12. The Bertz CT molecular complexity index is 6910. The number of rotatable bonds is 20. The predicted molar refractivity (Wildman–Crippen MR) is 521 cm³/mol. The molecule has 21 rings (SSSR count). The van der Waals surface area contributed by atoms with Gasteiger partial charge in [0.2, 0.25) is 0 Å². The molecule has 0 aliphatic rings. The van der Waals surface area contributed by atoms with E-state index >= 15 is 0 Å². The maximum Gasteiger partial charge on any atom is 0.0540 e. The van der Waals surface area contributed by atoms with Crippen molar-refractivity contribution in [2.24, 2.45) is 0 Å². The third kappa shape index (κ3) is 14.2. The van der Waals surface area contributed by atoms with Gasteiger partial charge in [0.25, 0.3) is 0 Å². The van der Waals surface area contributed by atoms with Gasteiger partial charge in [-0.2, -0.15) is 0 Å². The van der Waals surface area contributed by atoms with E-state index in [4.69, 9.17) is 0 Å². The maximum absolute atomic E-state index is 2.38. The molecule has 574 valence electrons. The average Bonchev–Trinajstić information content (AvgIpc) is 0.730. The van der Waals surface area contributed by atoms with E-state index in [2.05, 4.69) is 517 Å². The van der Waals surface area contributed by atoms with Gasteiger partial charge in [0.05, 0.1) is 22.7 Å². The molecule has 122 heavy (non-hydrogen) atoms. The Morgan fingerprint density at radius 2 is 0.336 bits per heavy atom. The zero-order valence-corrected chi connectivity index (χ0v) is 67.1. The van der Waals surface area contributed by atoms with Gasteiger partial charge >= 0.3 is 0 Å². The van der Waals surface area contributed by atoms with Gasteiger partial charge in [-0.15, -0.1) is 0 Å². The number of hydrogen-bond acceptors (Lipinski definition) is 4. The lowest BCUT2D eigenvalue weighted by Crippen LogP contribution is -2.10. The molecule has 0 saturated carbocycles. The molecule has 4 nitrogen and oxygen atoms in total. The number of nitrogens with zero attached hydrogens (tertiary/aromatic N) is 4. The third-order valence-corrected chi connectivity index (χ3v) is 23.8. The minimum absolute atomic E-state index is 1.07. The lowest BCUT2D eigenvalue weighted by molar-refractivity contribution is 1.29. The molecule has 0 amide bonds. The van der Waals surface area contributed by atoms with Gasteiger partial charge in [0.1, 0.15) is 0 Å². The van der Waals surface area contributed by atoms with E-state index in [9.17, 15) is 0 Å². The topological polar surface area (TPSA) is 13.0 Å². The number of para-hydroxylation sites is 4. The minimum Gasteiger partial charge on any atom is -0.310 e. The molecule has 0 aromatic heterocycles. The van der Waals surface area contributed by atoms with E-state index in [1.165, 1.54) is 75.8 Å². The predicted octanol–water partition coefficient (Wildman–Crippen LogP) is 33.0. The van der Waals surface area contributed by atoms with Crippen LogP contribution in [0.5, 0.6) is 0 Å². The van der Waals surface area contributed by atoms with Crippen LogP contribution in [0.2, 0.25) is 0 Å². The molecule has 21 aromatic rings. The van der Waals surface area contributed by atoms with Crippen molar-refractivity contribution >= 4 is 156 Å². The lowest BCUT2D eigenvalue weighted by Gasteiger charge is -2.27. The van der Waals surface area contributed by atoms with Crippen LogP contribution in [0.1, 0.15) is 33.4 Å². The van der Waals surface area contributed by atoms with Crippen LogP contribution in [0.3, 0.4) is 0 Å². The second-order valence-corrected chi connectivity index (χ2v) is 31.1. The fourth-order valence-corrected chi connectivity index (χ4v) is 18.0. The first kappa shape index (κ1) is 73.5. The average molecular weight is 1560 g/mol. The SMILES string of the molecule is C(=C(\c1ccc(-c2c3ccccc3c(-c3ccc(/C(=C/c4ccc(N(c5ccccc5)c5cccc6ccccc56)cc4)c4ccc(N(c5ccccc5)c5cccc6ccccc56)cc4)cc3)c3ccccc23)cc1)c1ccc(N(c2ccccc2)c2cccc3ccccc23)cc1)/c1ccc(N(c2ccccc2)c2cccc3ccccc23)cc1. The van der Waals surface area contributed by atoms with Gasteiger partial charge in [-0.25, -0.2) is 0 Å². The Labute approximate surface area is 711 Å². The zero-order valence-electron chi connectivity index (χ0n) is 67.1. The summed E-state index contributed by atoms with van der Waals surface area (Å²) < 4.78 is 0. The van der Waals surface area contributed by atoms with E-state index < -0.39 is 0 Å². The van der Waals surface area contributed by atoms with Crippen LogP contribution in [0, 0.1) is 0 Å². The normalized spacial score (nSPS) is 11.7. The smallest absolute Gasteiger partial charge is 0.0540 e. The van der Waals surface area contributed by atoms with Crippen LogP contribution in [0.25, 0.3) is 110 Å². The summed E-state index contributed by atoms with van der Waals surface area (Å²) in [6, 6.07) is 177. The van der Waals surface area contributed by atoms with Crippen molar-refractivity contribution in [3.8, 4) is 22.3 Å². The molecule has 4 heteroatoms. The van der Waals surface area contributed by atoms with E-state index in [1.807, 2.05) is 0 Å². The Kier molecular flexibility index (Phi) is 19.7. The molecule has 0 saturated heterocycles. The van der Waals surface area contributed by atoms with Gasteiger partial charge in [-0.3, -0.25) is 0 Å². The molecule has 21 aromatic carbocycles. The van der Waals surface area contributed by atoms with E-state index in [0.29, 0.717) is 0 Å². The van der Waals surface area contributed by atoms with Gasteiger partial charge in [-0.1, -0.05) is 364 Å². The van der Waals surface area contributed by atoms with Crippen molar-refractivity contribution in [1.29, 1.82) is 0 Å². The molecule has 0 spiro atoms. The molecule has 0 heterocycles. The molecule has 0 fully saturated rings. The molecule has 0 radical (unpaired) electrons. The second-order valence-electron chi connectivity index (χ2n) is 31.1. The summed E-state index contributed by atoms with van der Waals surface area (Å²) in [5.74, 6) is 0. The first-order valence-electron chi connectivity index (χ1n) is 41.8. The summed E-state index contributed by atoms with van der Waals surface area (Å²) >= 11 is 0. The van der Waals surface area contributed by atoms with Crippen molar-refractivity contribution in [3.63, 3.8) is 0 Å². The molecule has 0 aliphatic carbocycles. The molecule has 0 atom stereocenters. The molecular formula is C118H82N4. The lowest BCUT2D eigenvalue weighted by atomic mass is 9.85. The number of benzene rings is 21. The number of fused-ring (bicyclic) bond motifs is 6. The first-order valence-corrected chi connectivity index (χ1v) is 41.8. The van der Waals surface area contributed by atoms with Crippen molar-refractivity contribution in [1.82, 2.24) is 0 Å². The molecule has 0 unspecified atom stereocenters. The Morgan fingerprint density at radius 3 is 0.582 bits per heavy atom. The zero-order chi connectivity index (χ0) is 81.1. The Morgan fingerprint density at radius 1 is 0.148 bits per heavy atom. The van der Waals surface area contributed by atoms with Gasteiger partial charge in [-0.05, 0) is 243 Å². The number of hydrogen-bond donors (Lipinski definition) is 0. The highest BCUT2D eigenvalue weighted by Gasteiger charge is 2.24. The second kappa shape index (κ2) is 32.7. The standard InChI is InChI=1S/C118H82N4/c1-5-37-95(38-6-1)119(113-53-25-33-85-29-13-17-45-103(85)113)99-73-57-83(58-74-99)81-111(91-69-77-101(78-70-91)121(97-41-9-3-10-42-97)115-55-27-35-87-31-15-19-47-105(87)115)89-61-65-93(66-62-89)117-107-49-21-23-51-109(107)118(110-52-24-22-50-108(110)117)94-67-63-90(64-68-94)112(92-71-79-102(80-72-92)122(98-43-11-4-12-44-98)116-56-28-36-88-32-16-20-48-106(88)116)82-84-59-75-100(76-60-84)120(96-39-7-2-8-40-96)114-54-26-34-86-30-14-18-46-104(86)114/h1-82H/b111-81-,112-82-. The van der Waals surface area contributed by atoms with Crippen LogP contribution in [-0.4, -0.2) is 0 Å². The van der Waals surface area contributed by atoms with E-state index in [1.54, 1.807) is 0 Å². The summed E-state index contributed by atoms with van der Waals surface area (Å²) in [5.41, 5.74) is 26.6. The summed E-state index contributed by atoms with van der Waals surface area (Å²) in [5, 5.41) is 14.3. The largest absolute Gasteiger partial charge is 0.310 e. The first-order chi connectivity index (χ1) is 60.5. The van der Waals surface area contributed by atoms with E-state index in [-0.39, 0.29) is 0 Å². The van der Waals surface area contributed by atoms with Crippen molar-refractivity contribution < 1.29 is 0 Å². The summed E-state index contributed by atoms with van der Waals surface area (Å²) in [7, 11) is 0. The highest BCUT2D eigenvalue weighted by Crippen LogP contribution is 2.49. The van der Waals surface area contributed by atoms with Crippen molar-refractivity contribution in [3.05, 3.63) is 519 Å². The highest BCUT2D eigenvalue weighted by molar-refractivity contribution is 6.22. The summed E-state index contributed by atoms with van der Waals surface area (Å²) in [6.45, 7) is 0. The quantitative estimate of drug-likeness (QED) is 0.0557. The van der Waals surface area contributed by atoms with Crippen LogP contribution in [0.15, 0.2) is 485 Å². The van der Waals surface area contributed by atoms with Crippen molar-refractivity contribution in [2.45, 2.75) is 0 Å². The molecular weight excluding hydrogens is 1470 g/mol. The molecule has 0 N–H and O–H groups in total. The minimum atomic E-state index is 1.07. The van der Waals surface area contributed by atoms with Gasteiger partial charge in [0, 0.05) is 67.0 Å². The highest BCUT2D eigenvalue weighted by atomic mass is 15.2. The monoisotopic (exact) mass is 1550 g/mol. The third-order valence-electron chi connectivity index (χ3n) is 23.8. The summed E-state index contributed by atoms with van der Waals surface area (Å²) in [6.07, 6.45) is 4.72. The summed E-state index contributed by atoms with van der Waals surface area (Å²) in [4.78, 5) is 9.50. The van der Waals surface area contributed by atoms with Crippen molar-refractivity contribution in [2.75, 3.05) is 19.6 Å². The molecule has 0 bridgehead atoms. The maximum atomic E-state index is 2.38. The fourth-order valence-electron chi connectivity index (χ4n) is 18.0. The van der Waals surface area contributed by atoms with Gasteiger partial charge in [0.15, 0.2) is 0 Å². The van der Waals surface area contributed by atoms with Gasteiger partial charge < -0.3 is 19.6 Å². The molecule has 0 aliphatic heterocycles. The fraction of sp³-hybridized carbons (Fsp3) is 0. The Balaban J connectivity index is 0.659. The van der Waals surface area contributed by atoms with Crippen LogP contribution < -0.4 is 19.6 Å². The Hall–Kier alpha value is -16.1. The van der Waals surface area contributed by atoms with Crippen LogP contribution in [0.4, 0.5) is 68.2 Å². The van der Waals surface area contributed by atoms with Crippen LogP contribution in [-0.2, 0) is 0 Å². The van der Waals surface area contributed by atoms with E-state index in [0.717, 1.165) is 124 Å².